The molecule has 2 N–H and O–H groups in total. The van der Waals surface area contributed by atoms with Crippen LogP contribution in [0.5, 0.6) is 11.5 Å². The smallest absolute Gasteiger partial charge is 0.333 e. The van der Waals surface area contributed by atoms with E-state index in [0.29, 0.717) is 29.3 Å². The molecule has 1 saturated heterocycles. The third kappa shape index (κ3) is 3.05. The number of hydrogen-bond donors (Lipinski definition) is 2. The summed E-state index contributed by atoms with van der Waals surface area (Å²) in [5, 5.41) is 4.87. The molecule has 2 heterocycles. The summed E-state index contributed by atoms with van der Waals surface area (Å²) in [5.74, 6) is 1.37. The van der Waals surface area contributed by atoms with Gasteiger partial charge in [-0.3, -0.25) is 5.43 Å². The van der Waals surface area contributed by atoms with E-state index in [1.54, 1.807) is 18.2 Å². The number of hydrazine groups is 1. The van der Waals surface area contributed by atoms with Crippen molar-refractivity contribution in [2.24, 2.45) is 0 Å². The van der Waals surface area contributed by atoms with Crippen molar-refractivity contribution in [1.29, 1.82) is 0 Å². The number of urea groups is 1. The van der Waals surface area contributed by atoms with Crippen LogP contribution in [0.25, 0.3) is 0 Å². The molecule has 6 heteroatoms. The van der Waals surface area contributed by atoms with Crippen molar-refractivity contribution in [3.63, 3.8) is 0 Å². The number of amides is 2. The van der Waals surface area contributed by atoms with Crippen LogP contribution in [0.4, 0.5) is 10.5 Å². The molecule has 0 aromatic heterocycles. The number of hydrogen-bond acceptors (Lipinski definition) is 4. The Kier molecular flexibility index (Phi) is 3.88. The van der Waals surface area contributed by atoms with Gasteiger partial charge in [0.2, 0.25) is 6.79 Å². The van der Waals surface area contributed by atoms with Crippen molar-refractivity contribution < 1.29 is 14.3 Å². The second-order valence-corrected chi connectivity index (χ2v) is 5.67. The molecule has 1 aromatic rings. The number of nitrogens with one attached hydrogen (secondary N) is 2. The number of benzene rings is 1. The first kappa shape index (κ1) is 14.0. The van der Waals surface area contributed by atoms with E-state index in [-0.39, 0.29) is 12.8 Å². The van der Waals surface area contributed by atoms with Gasteiger partial charge in [-0.1, -0.05) is 6.42 Å². The highest BCUT2D eigenvalue weighted by molar-refractivity contribution is 5.89. The lowest BCUT2D eigenvalue weighted by Gasteiger charge is -2.38. The van der Waals surface area contributed by atoms with E-state index >= 15 is 0 Å². The third-order valence-electron chi connectivity index (χ3n) is 4.05. The second kappa shape index (κ2) is 5.81. The summed E-state index contributed by atoms with van der Waals surface area (Å²) in [6.45, 7) is 4.50. The summed E-state index contributed by atoms with van der Waals surface area (Å²) in [7, 11) is 0. The molecule has 2 aliphatic heterocycles. The molecule has 1 aromatic carbocycles. The minimum atomic E-state index is -0.227. The number of nitrogens with zero attached hydrogens (tertiary/aromatic N) is 1. The average molecular weight is 291 g/mol. The molecule has 1 fully saturated rings. The van der Waals surface area contributed by atoms with Gasteiger partial charge >= 0.3 is 6.03 Å². The molecule has 0 spiro atoms. The summed E-state index contributed by atoms with van der Waals surface area (Å²) >= 11 is 0. The minimum absolute atomic E-state index is 0.227. The van der Waals surface area contributed by atoms with Crippen LogP contribution in [-0.2, 0) is 0 Å². The maximum Gasteiger partial charge on any atom is 0.333 e. The molecule has 0 radical (unpaired) electrons. The van der Waals surface area contributed by atoms with Crippen molar-refractivity contribution in [1.82, 2.24) is 10.4 Å². The minimum Gasteiger partial charge on any atom is -0.454 e. The average Bonchev–Trinajstić information content (AvgIpc) is 2.90. The molecule has 21 heavy (non-hydrogen) atoms. The van der Waals surface area contributed by atoms with Crippen molar-refractivity contribution in [3.8, 4) is 11.5 Å². The van der Waals surface area contributed by atoms with Gasteiger partial charge in [-0.05, 0) is 38.8 Å². The van der Waals surface area contributed by atoms with E-state index in [2.05, 4.69) is 24.6 Å². The number of carbonyl (C=O) groups excluding carboxylic acids is 1. The Balaban J connectivity index is 1.61. The zero-order chi connectivity index (χ0) is 14.8. The third-order valence-corrected chi connectivity index (χ3v) is 4.05. The molecule has 3 rings (SSSR count). The highest BCUT2D eigenvalue weighted by atomic mass is 16.7. The monoisotopic (exact) mass is 291 g/mol. The molecule has 2 aliphatic rings. The lowest BCUT2D eigenvalue weighted by molar-refractivity contribution is 0.0625. The van der Waals surface area contributed by atoms with Gasteiger partial charge in [-0.2, -0.15) is 0 Å². The highest BCUT2D eigenvalue weighted by Gasteiger charge is 2.26. The lowest BCUT2D eigenvalue weighted by atomic mass is 10.00. The van der Waals surface area contributed by atoms with E-state index in [0.717, 1.165) is 12.8 Å². The highest BCUT2D eigenvalue weighted by Crippen LogP contribution is 2.34. The van der Waals surface area contributed by atoms with Gasteiger partial charge in [-0.25, -0.2) is 9.80 Å². The van der Waals surface area contributed by atoms with Gasteiger partial charge in [0.05, 0.1) is 0 Å². The van der Waals surface area contributed by atoms with Crippen molar-refractivity contribution >= 4 is 11.7 Å². The maximum atomic E-state index is 12.1. The second-order valence-electron chi connectivity index (χ2n) is 5.67. The van der Waals surface area contributed by atoms with Crippen molar-refractivity contribution in [2.45, 2.75) is 45.2 Å². The molecule has 2 atom stereocenters. The first-order chi connectivity index (χ1) is 10.1. The van der Waals surface area contributed by atoms with Gasteiger partial charge in [0.25, 0.3) is 0 Å². The number of piperidine rings is 1. The van der Waals surface area contributed by atoms with E-state index in [4.69, 9.17) is 9.47 Å². The quantitative estimate of drug-likeness (QED) is 0.879. The molecule has 2 amide bonds. The van der Waals surface area contributed by atoms with Gasteiger partial charge in [0.1, 0.15) is 0 Å². The summed E-state index contributed by atoms with van der Waals surface area (Å²) < 4.78 is 10.5. The molecular weight excluding hydrogens is 270 g/mol. The Morgan fingerprint density at radius 3 is 2.67 bits per heavy atom. The molecule has 114 valence electrons. The number of anilines is 1. The van der Waals surface area contributed by atoms with Crippen molar-refractivity contribution in [3.05, 3.63) is 18.2 Å². The Bertz CT molecular complexity index is 525. The predicted octanol–water partition coefficient (Wildman–Crippen LogP) is 2.71. The molecular formula is C15H21N3O3. The Morgan fingerprint density at radius 1 is 1.19 bits per heavy atom. The van der Waals surface area contributed by atoms with Crippen LogP contribution in [0, 0.1) is 0 Å². The molecule has 2 unspecified atom stereocenters. The first-order valence-electron chi connectivity index (χ1n) is 7.39. The normalized spacial score (nSPS) is 24.7. The summed E-state index contributed by atoms with van der Waals surface area (Å²) in [5.41, 5.74) is 3.63. The Hall–Kier alpha value is -1.95. The van der Waals surface area contributed by atoms with E-state index in [1.165, 1.54) is 6.42 Å². The van der Waals surface area contributed by atoms with Crippen LogP contribution in [0.3, 0.4) is 0 Å². The lowest BCUT2D eigenvalue weighted by Crippen LogP contribution is -2.55. The Labute approximate surface area is 124 Å². The van der Waals surface area contributed by atoms with Crippen molar-refractivity contribution in [2.75, 3.05) is 12.1 Å². The summed E-state index contributed by atoms with van der Waals surface area (Å²) in [4.78, 5) is 12.1. The molecule has 0 saturated carbocycles. The van der Waals surface area contributed by atoms with E-state index in [9.17, 15) is 4.79 Å². The fourth-order valence-electron chi connectivity index (χ4n) is 2.89. The van der Waals surface area contributed by atoms with Gasteiger partial charge in [0, 0.05) is 23.8 Å². The van der Waals surface area contributed by atoms with Crippen LogP contribution < -0.4 is 20.2 Å². The topological polar surface area (TPSA) is 62.8 Å². The number of rotatable bonds is 2. The number of fused-ring (bicyclic) bond motifs is 1. The Morgan fingerprint density at radius 2 is 1.90 bits per heavy atom. The van der Waals surface area contributed by atoms with Crippen LogP contribution in [0.1, 0.15) is 33.1 Å². The van der Waals surface area contributed by atoms with E-state index in [1.807, 2.05) is 5.01 Å². The first-order valence-corrected chi connectivity index (χ1v) is 7.39. The van der Waals surface area contributed by atoms with Crippen LogP contribution in [-0.4, -0.2) is 29.9 Å². The zero-order valence-electron chi connectivity index (χ0n) is 12.4. The van der Waals surface area contributed by atoms with Gasteiger partial charge < -0.3 is 14.8 Å². The zero-order valence-corrected chi connectivity index (χ0v) is 12.4. The van der Waals surface area contributed by atoms with Crippen LogP contribution >= 0.6 is 0 Å². The van der Waals surface area contributed by atoms with Crippen LogP contribution in [0.15, 0.2) is 18.2 Å². The fraction of sp³-hybridized carbons (Fsp3) is 0.533. The summed E-state index contributed by atoms with van der Waals surface area (Å²) in [6, 6.07) is 5.85. The fourth-order valence-corrected chi connectivity index (χ4v) is 2.89. The molecule has 0 aliphatic carbocycles. The van der Waals surface area contributed by atoms with Gasteiger partial charge in [-0.15, -0.1) is 0 Å². The van der Waals surface area contributed by atoms with Gasteiger partial charge in [0.15, 0.2) is 11.5 Å². The van der Waals surface area contributed by atoms with Crippen LogP contribution in [0.2, 0.25) is 0 Å². The number of ether oxygens (including phenoxy) is 2. The maximum absolute atomic E-state index is 12.1. The molecule has 0 bridgehead atoms. The standard InChI is InChI=1S/C15H21N3O3/c1-10-4-3-5-11(2)18(10)17-15(19)16-12-6-7-13-14(8-12)21-9-20-13/h6-8,10-11H,3-5,9H2,1-2H3,(H2,16,17,19). The summed E-state index contributed by atoms with van der Waals surface area (Å²) in [6.07, 6.45) is 3.42. The molecule has 6 nitrogen and oxygen atoms in total. The number of carbonyl (C=O) groups is 1. The largest absolute Gasteiger partial charge is 0.454 e. The SMILES string of the molecule is CC1CCCC(C)N1NC(=O)Nc1ccc2c(c1)OCO2. The predicted molar refractivity (Wildman–Crippen MR) is 79.3 cm³/mol. The van der Waals surface area contributed by atoms with E-state index < -0.39 is 0 Å².